The Morgan fingerprint density at radius 3 is 2.53 bits per heavy atom. The third-order valence-electron chi connectivity index (χ3n) is 3.14. The second-order valence-electron chi connectivity index (χ2n) is 4.55. The minimum Gasteiger partial charge on any atom is -0.357 e. The van der Waals surface area contributed by atoms with E-state index < -0.39 is 0 Å². The molecule has 0 heterocycles. The maximum atomic E-state index is 12.7. The van der Waals surface area contributed by atoms with Crippen LogP contribution in [0.15, 0.2) is 24.3 Å². The van der Waals surface area contributed by atoms with Crippen LogP contribution in [0.2, 0.25) is 0 Å². The monoisotopic (exact) mass is 281 g/mol. The summed E-state index contributed by atoms with van der Waals surface area (Å²) in [6.45, 7) is 0.478. The Balaban J connectivity index is 1.66. The summed E-state index contributed by atoms with van der Waals surface area (Å²) >= 11 is 5.03. The molecule has 3 N–H and O–H groups in total. The molecule has 0 aromatic heterocycles. The van der Waals surface area contributed by atoms with E-state index in [1.165, 1.54) is 12.1 Å². The fraction of sp³-hybridized carbons (Fsp3) is 0.385. The molecule has 0 saturated heterocycles. The molecular weight excluding hydrogens is 265 g/mol. The van der Waals surface area contributed by atoms with Gasteiger partial charge in [-0.3, -0.25) is 15.6 Å². The van der Waals surface area contributed by atoms with Gasteiger partial charge in [-0.1, -0.05) is 18.6 Å². The number of hydrogen-bond acceptors (Lipinski definition) is 2. The van der Waals surface area contributed by atoms with Gasteiger partial charge in [-0.2, -0.15) is 0 Å². The summed E-state index contributed by atoms with van der Waals surface area (Å²) in [6, 6.07) is 6.15. The zero-order valence-electron chi connectivity index (χ0n) is 10.4. The van der Waals surface area contributed by atoms with E-state index in [4.69, 9.17) is 12.2 Å². The first-order chi connectivity index (χ1) is 9.15. The fourth-order valence-corrected chi connectivity index (χ4v) is 1.84. The standard InChI is InChI=1S/C13H16FN3OS/c14-11-6-4-9(5-7-11)8-15-13(19)17-16-12(18)10-2-1-3-10/h4-7,10H,1-3,8H2,(H,16,18)(H2,15,17,19). The third-order valence-corrected chi connectivity index (χ3v) is 3.39. The Labute approximate surface area is 116 Å². The first-order valence-corrected chi connectivity index (χ1v) is 6.64. The summed E-state index contributed by atoms with van der Waals surface area (Å²) in [5.41, 5.74) is 6.15. The molecule has 1 aromatic carbocycles. The lowest BCUT2D eigenvalue weighted by molar-refractivity contribution is -0.127. The number of carbonyl (C=O) groups excluding carboxylic acids is 1. The van der Waals surface area contributed by atoms with Crippen LogP contribution in [0.5, 0.6) is 0 Å². The zero-order chi connectivity index (χ0) is 13.7. The molecule has 0 unspecified atom stereocenters. The minimum absolute atomic E-state index is 0.0165. The van der Waals surface area contributed by atoms with Crippen molar-refractivity contribution in [3.63, 3.8) is 0 Å². The van der Waals surface area contributed by atoms with Crippen LogP contribution in [-0.2, 0) is 11.3 Å². The van der Waals surface area contributed by atoms with Crippen LogP contribution in [0.3, 0.4) is 0 Å². The molecule has 0 radical (unpaired) electrons. The average molecular weight is 281 g/mol. The van der Waals surface area contributed by atoms with Gasteiger partial charge in [0.05, 0.1) is 0 Å². The second kappa shape index (κ2) is 6.47. The van der Waals surface area contributed by atoms with Crippen LogP contribution < -0.4 is 16.2 Å². The number of thiocarbonyl (C=S) groups is 1. The maximum absolute atomic E-state index is 12.7. The van der Waals surface area contributed by atoms with Gasteiger partial charge < -0.3 is 5.32 Å². The van der Waals surface area contributed by atoms with Crippen molar-refractivity contribution in [3.05, 3.63) is 35.6 Å². The summed E-state index contributed by atoms with van der Waals surface area (Å²) in [4.78, 5) is 11.5. The van der Waals surface area contributed by atoms with Crippen LogP contribution >= 0.6 is 12.2 Å². The summed E-state index contributed by atoms with van der Waals surface area (Å²) in [5, 5.41) is 3.28. The SMILES string of the molecule is O=C(NNC(=S)NCc1ccc(F)cc1)C1CCC1. The van der Waals surface area contributed by atoms with Crippen LogP contribution in [0.4, 0.5) is 4.39 Å². The summed E-state index contributed by atoms with van der Waals surface area (Å²) in [5.74, 6) is -0.165. The van der Waals surface area contributed by atoms with Gasteiger partial charge in [0.1, 0.15) is 5.82 Å². The largest absolute Gasteiger partial charge is 0.357 e. The number of rotatable bonds is 3. The predicted molar refractivity (Wildman–Crippen MR) is 74.5 cm³/mol. The molecule has 0 atom stereocenters. The normalized spacial score (nSPS) is 14.4. The van der Waals surface area contributed by atoms with Gasteiger partial charge in [0, 0.05) is 12.5 Å². The molecular formula is C13H16FN3OS. The Kier molecular flexibility index (Phi) is 4.68. The van der Waals surface area contributed by atoms with E-state index in [2.05, 4.69) is 16.2 Å². The van der Waals surface area contributed by atoms with Gasteiger partial charge in [-0.25, -0.2) is 4.39 Å². The predicted octanol–water partition coefficient (Wildman–Crippen LogP) is 1.62. The molecule has 0 spiro atoms. The van der Waals surface area contributed by atoms with Crippen molar-refractivity contribution in [2.45, 2.75) is 25.8 Å². The number of amides is 1. The molecule has 0 aliphatic heterocycles. The van der Waals surface area contributed by atoms with Crippen LogP contribution in [-0.4, -0.2) is 11.0 Å². The van der Waals surface area contributed by atoms with Gasteiger partial charge in [-0.05, 0) is 42.8 Å². The molecule has 1 fully saturated rings. The number of benzene rings is 1. The van der Waals surface area contributed by atoms with Gasteiger partial charge >= 0.3 is 0 Å². The summed E-state index contributed by atoms with van der Waals surface area (Å²) < 4.78 is 12.7. The van der Waals surface area contributed by atoms with Crippen molar-refractivity contribution in [2.24, 2.45) is 5.92 Å². The highest BCUT2D eigenvalue weighted by Crippen LogP contribution is 2.25. The van der Waals surface area contributed by atoms with E-state index in [1.54, 1.807) is 12.1 Å². The Hall–Kier alpha value is -1.69. The highest BCUT2D eigenvalue weighted by atomic mass is 32.1. The average Bonchev–Trinajstić information content (AvgIpc) is 2.33. The molecule has 6 heteroatoms. The molecule has 19 heavy (non-hydrogen) atoms. The number of halogens is 1. The maximum Gasteiger partial charge on any atom is 0.241 e. The lowest BCUT2D eigenvalue weighted by Gasteiger charge is -2.24. The molecule has 1 aromatic rings. The van der Waals surface area contributed by atoms with Crippen molar-refractivity contribution < 1.29 is 9.18 Å². The van der Waals surface area contributed by atoms with Crippen molar-refractivity contribution in [1.29, 1.82) is 0 Å². The number of hydrazine groups is 1. The first kappa shape index (κ1) is 13.7. The number of nitrogens with one attached hydrogen (secondary N) is 3. The highest BCUT2D eigenvalue weighted by molar-refractivity contribution is 7.80. The summed E-state index contributed by atoms with van der Waals surface area (Å²) in [6.07, 6.45) is 3.01. The first-order valence-electron chi connectivity index (χ1n) is 6.23. The lowest BCUT2D eigenvalue weighted by atomic mass is 9.85. The smallest absolute Gasteiger partial charge is 0.241 e. The molecule has 102 valence electrons. The molecule has 1 aliphatic rings. The molecule has 1 amide bonds. The number of carbonyl (C=O) groups is 1. The summed E-state index contributed by atoms with van der Waals surface area (Å²) in [7, 11) is 0. The van der Waals surface area contributed by atoms with Gasteiger partial charge in [0.2, 0.25) is 5.91 Å². The third kappa shape index (κ3) is 4.17. The quantitative estimate of drug-likeness (QED) is 0.582. The Morgan fingerprint density at radius 2 is 1.95 bits per heavy atom. The van der Waals surface area contributed by atoms with Crippen LogP contribution in [0.25, 0.3) is 0 Å². The second-order valence-corrected chi connectivity index (χ2v) is 4.96. The zero-order valence-corrected chi connectivity index (χ0v) is 11.2. The van der Waals surface area contributed by atoms with E-state index in [9.17, 15) is 9.18 Å². The van der Waals surface area contributed by atoms with E-state index in [0.29, 0.717) is 11.7 Å². The fourth-order valence-electron chi connectivity index (χ4n) is 1.72. The molecule has 2 rings (SSSR count). The van der Waals surface area contributed by atoms with Crippen LogP contribution in [0, 0.1) is 11.7 Å². The molecule has 4 nitrogen and oxygen atoms in total. The van der Waals surface area contributed by atoms with E-state index >= 15 is 0 Å². The van der Waals surface area contributed by atoms with E-state index in [-0.39, 0.29) is 17.6 Å². The Morgan fingerprint density at radius 1 is 1.26 bits per heavy atom. The van der Waals surface area contributed by atoms with Crippen molar-refractivity contribution in [1.82, 2.24) is 16.2 Å². The van der Waals surface area contributed by atoms with E-state index in [1.807, 2.05) is 0 Å². The minimum atomic E-state index is -0.266. The van der Waals surface area contributed by atoms with Crippen molar-refractivity contribution in [2.75, 3.05) is 0 Å². The molecule has 1 aliphatic carbocycles. The van der Waals surface area contributed by atoms with Gasteiger partial charge in [0.25, 0.3) is 0 Å². The number of hydrogen-bond donors (Lipinski definition) is 3. The Bertz CT molecular complexity index is 459. The van der Waals surface area contributed by atoms with E-state index in [0.717, 1.165) is 24.8 Å². The van der Waals surface area contributed by atoms with Crippen LogP contribution in [0.1, 0.15) is 24.8 Å². The topological polar surface area (TPSA) is 53.2 Å². The van der Waals surface area contributed by atoms with Gasteiger partial charge in [0.15, 0.2) is 5.11 Å². The van der Waals surface area contributed by atoms with Gasteiger partial charge in [-0.15, -0.1) is 0 Å². The molecule has 1 saturated carbocycles. The van der Waals surface area contributed by atoms with Crippen molar-refractivity contribution >= 4 is 23.2 Å². The van der Waals surface area contributed by atoms with Crippen molar-refractivity contribution in [3.8, 4) is 0 Å². The molecule has 0 bridgehead atoms. The highest BCUT2D eigenvalue weighted by Gasteiger charge is 2.24. The lowest BCUT2D eigenvalue weighted by Crippen LogP contribution is -2.49.